The van der Waals surface area contributed by atoms with Gasteiger partial charge < -0.3 is 0 Å². The summed E-state index contributed by atoms with van der Waals surface area (Å²) in [6.07, 6.45) is 7.76. The van der Waals surface area contributed by atoms with E-state index in [9.17, 15) is 4.79 Å². The number of carbonyl (C=O) groups is 1. The van der Waals surface area contributed by atoms with Crippen molar-refractivity contribution >= 4 is 5.78 Å². The van der Waals surface area contributed by atoms with Crippen LogP contribution in [0.15, 0.2) is 24.3 Å². The van der Waals surface area contributed by atoms with Gasteiger partial charge in [-0.05, 0) is 37.7 Å². The van der Waals surface area contributed by atoms with Gasteiger partial charge >= 0.3 is 0 Å². The van der Waals surface area contributed by atoms with E-state index in [0.717, 1.165) is 19.3 Å². The third-order valence-electron chi connectivity index (χ3n) is 4.59. The van der Waals surface area contributed by atoms with E-state index in [1.54, 1.807) is 0 Å². The average Bonchev–Trinajstić information content (AvgIpc) is 2.45. The van der Waals surface area contributed by atoms with Gasteiger partial charge in [0.05, 0.1) is 0 Å². The largest absolute Gasteiger partial charge is 0.299 e. The van der Waals surface area contributed by atoms with Crippen LogP contribution in [0.25, 0.3) is 0 Å². The first-order chi connectivity index (χ1) is 9.20. The van der Waals surface area contributed by atoms with Gasteiger partial charge in [-0.15, -0.1) is 0 Å². The van der Waals surface area contributed by atoms with E-state index in [2.05, 4.69) is 38.1 Å². The van der Waals surface area contributed by atoms with E-state index in [0.29, 0.717) is 17.6 Å². The van der Waals surface area contributed by atoms with Gasteiger partial charge in [0.1, 0.15) is 5.78 Å². The number of ketones is 1. The van der Waals surface area contributed by atoms with Crippen molar-refractivity contribution < 1.29 is 4.79 Å². The molecule has 0 bridgehead atoms. The van der Waals surface area contributed by atoms with Gasteiger partial charge in [-0.25, -0.2) is 0 Å². The van der Waals surface area contributed by atoms with Crippen molar-refractivity contribution in [3.63, 3.8) is 0 Å². The highest BCUT2D eigenvalue weighted by Gasteiger charge is 2.28. The van der Waals surface area contributed by atoms with Crippen molar-refractivity contribution in [1.82, 2.24) is 0 Å². The Morgan fingerprint density at radius 3 is 2.79 bits per heavy atom. The SMILES string of the molecule is CCC1CCCCC1C(=O)CCc1cccc(C)c1. The molecule has 0 radical (unpaired) electrons. The van der Waals surface area contributed by atoms with Crippen LogP contribution in [0.3, 0.4) is 0 Å². The van der Waals surface area contributed by atoms with Crippen LogP contribution in [-0.2, 0) is 11.2 Å². The number of rotatable bonds is 5. The normalized spacial score (nSPS) is 23.3. The number of carbonyl (C=O) groups excluding carboxylic acids is 1. The first kappa shape index (κ1) is 14.3. The molecule has 2 rings (SSSR count). The summed E-state index contributed by atoms with van der Waals surface area (Å²) in [6.45, 7) is 4.34. The van der Waals surface area contributed by atoms with Crippen molar-refractivity contribution in [2.45, 2.75) is 58.8 Å². The number of hydrogen-bond donors (Lipinski definition) is 0. The van der Waals surface area contributed by atoms with Gasteiger partial charge in [-0.2, -0.15) is 0 Å². The van der Waals surface area contributed by atoms with Crippen LogP contribution < -0.4 is 0 Å². The molecule has 0 aliphatic heterocycles. The van der Waals surface area contributed by atoms with Crippen LogP contribution in [0.4, 0.5) is 0 Å². The fourth-order valence-corrected chi connectivity index (χ4v) is 3.44. The van der Waals surface area contributed by atoms with Crippen molar-refractivity contribution in [2.24, 2.45) is 11.8 Å². The molecule has 2 atom stereocenters. The van der Waals surface area contributed by atoms with E-state index in [1.165, 1.54) is 36.8 Å². The highest BCUT2D eigenvalue weighted by molar-refractivity contribution is 5.81. The molecule has 0 spiro atoms. The zero-order valence-corrected chi connectivity index (χ0v) is 12.3. The van der Waals surface area contributed by atoms with Crippen LogP contribution in [-0.4, -0.2) is 5.78 Å². The molecule has 1 heteroatoms. The second-order valence-corrected chi connectivity index (χ2v) is 6.01. The minimum absolute atomic E-state index is 0.351. The minimum Gasteiger partial charge on any atom is -0.299 e. The molecule has 1 aromatic carbocycles. The molecule has 0 heterocycles. The lowest BCUT2D eigenvalue weighted by molar-refractivity contribution is -0.125. The van der Waals surface area contributed by atoms with Crippen molar-refractivity contribution in [3.05, 3.63) is 35.4 Å². The van der Waals surface area contributed by atoms with Gasteiger partial charge in [-0.1, -0.05) is 56.0 Å². The fraction of sp³-hybridized carbons (Fsp3) is 0.611. The third-order valence-corrected chi connectivity index (χ3v) is 4.59. The quantitative estimate of drug-likeness (QED) is 0.747. The summed E-state index contributed by atoms with van der Waals surface area (Å²) in [5.41, 5.74) is 2.59. The van der Waals surface area contributed by atoms with Crippen LogP contribution in [0.5, 0.6) is 0 Å². The van der Waals surface area contributed by atoms with E-state index >= 15 is 0 Å². The number of benzene rings is 1. The lowest BCUT2D eigenvalue weighted by Crippen LogP contribution is -2.27. The Bertz CT molecular complexity index is 421. The molecule has 1 aliphatic carbocycles. The summed E-state index contributed by atoms with van der Waals surface area (Å²) in [6, 6.07) is 8.54. The molecule has 1 nitrogen and oxygen atoms in total. The first-order valence-corrected chi connectivity index (χ1v) is 7.79. The Hall–Kier alpha value is -1.11. The molecule has 1 aliphatic rings. The molecule has 0 amide bonds. The van der Waals surface area contributed by atoms with Crippen LogP contribution >= 0.6 is 0 Å². The molecular weight excluding hydrogens is 232 g/mol. The molecule has 2 unspecified atom stereocenters. The second-order valence-electron chi connectivity index (χ2n) is 6.01. The predicted octanol–water partition coefficient (Wildman–Crippen LogP) is 4.71. The number of hydrogen-bond acceptors (Lipinski definition) is 1. The van der Waals surface area contributed by atoms with Crippen LogP contribution in [0.2, 0.25) is 0 Å². The molecule has 0 aromatic heterocycles. The fourth-order valence-electron chi connectivity index (χ4n) is 3.44. The molecule has 0 N–H and O–H groups in total. The highest BCUT2D eigenvalue weighted by Crippen LogP contribution is 2.33. The molecule has 1 aromatic rings. The Labute approximate surface area is 117 Å². The van der Waals surface area contributed by atoms with Gasteiger partial charge in [0, 0.05) is 12.3 Å². The zero-order valence-electron chi connectivity index (χ0n) is 12.3. The highest BCUT2D eigenvalue weighted by atomic mass is 16.1. The molecule has 1 fully saturated rings. The molecule has 104 valence electrons. The minimum atomic E-state index is 0.351. The van der Waals surface area contributed by atoms with E-state index < -0.39 is 0 Å². The van der Waals surface area contributed by atoms with Crippen molar-refractivity contribution in [2.75, 3.05) is 0 Å². The Kier molecular flexibility index (Phi) is 5.18. The predicted molar refractivity (Wildman–Crippen MR) is 80.2 cm³/mol. The van der Waals surface area contributed by atoms with E-state index in [1.807, 2.05) is 0 Å². The Balaban J connectivity index is 1.89. The number of aryl methyl sites for hydroxylation is 2. The smallest absolute Gasteiger partial charge is 0.136 e. The molecular formula is C18H26O. The summed E-state index contributed by atoms with van der Waals surface area (Å²) in [4.78, 5) is 12.4. The van der Waals surface area contributed by atoms with Crippen LogP contribution in [0.1, 0.15) is 56.6 Å². The molecule has 19 heavy (non-hydrogen) atoms. The molecule has 1 saturated carbocycles. The third kappa shape index (κ3) is 3.92. The lowest BCUT2D eigenvalue weighted by atomic mass is 9.74. The summed E-state index contributed by atoms with van der Waals surface area (Å²) in [5, 5.41) is 0. The monoisotopic (exact) mass is 258 g/mol. The molecule has 0 saturated heterocycles. The first-order valence-electron chi connectivity index (χ1n) is 7.79. The van der Waals surface area contributed by atoms with E-state index in [4.69, 9.17) is 0 Å². The van der Waals surface area contributed by atoms with E-state index in [-0.39, 0.29) is 0 Å². The van der Waals surface area contributed by atoms with Gasteiger partial charge in [-0.3, -0.25) is 4.79 Å². The summed E-state index contributed by atoms with van der Waals surface area (Å²) >= 11 is 0. The standard InChI is InChI=1S/C18H26O/c1-3-16-9-4-5-10-17(16)18(19)12-11-15-8-6-7-14(2)13-15/h6-8,13,16-17H,3-5,9-12H2,1-2H3. The topological polar surface area (TPSA) is 17.1 Å². The Morgan fingerprint density at radius 1 is 1.26 bits per heavy atom. The van der Waals surface area contributed by atoms with Gasteiger partial charge in [0.15, 0.2) is 0 Å². The van der Waals surface area contributed by atoms with Crippen molar-refractivity contribution in [3.8, 4) is 0 Å². The number of Topliss-reactive ketones (excluding diaryl/α,β-unsaturated/α-hetero) is 1. The summed E-state index contributed by atoms with van der Waals surface area (Å²) in [5.74, 6) is 1.51. The second kappa shape index (κ2) is 6.88. The lowest BCUT2D eigenvalue weighted by Gasteiger charge is -2.29. The average molecular weight is 258 g/mol. The van der Waals surface area contributed by atoms with Gasteiger partial charge in [0.25, 0.3) is 0 Å². The Morgan fingerprint density at radius 2 is 2.05 bits per heavy atom. The summed E-state index contributed by atoms with van der Waals surface area (Å²) < 4.78 is 0. The van der Waals surface area contributed by atoms with Crippen molar-refractivity contribution in [1.29, 1.82) is 0 Å². The maximum Gasteiger partial charge on any atom is 0.136 e. The zero-order chi connectivity index (χ0) is 13.7. The van der Waals surface area contributed by atoms with Gasteiger partial charge in [0.2, 0.25) is 0 Å². The maximum atomic E-state index is 12.4. The summed E-state index contributed by atoms with van der Waals surface area (Å²) in [7, 11) is 0. The maximum absolute atomic E-state index is 12.4. The van der Waals surface area contributed by atoms with Crippen LogP contribution in [0, 0.1) is 18.8 Å².